The second-order valence-corrected chi connectivity index (χ2v) is 6.83. The number of thioether (sulfide) groups is 1. The van der Waals surface area contributed by atoms with Gasteiger partial charge in [0, 0.05) is 23.7 Å². The summed E-state index contributed by atoms with van der Waals surface area (Å²) in [6.07, 6.45) is 1.58. The normalized spacial score (nSPS) is 21.4. The minimum absolute atomic E-state index is 0.0393. The summed E-state index contributed by atoms with van der Waals surface area (Å²) in [6, 6.07) is 13.9. The first-order valence-electron chi connectivity index (χ1n) is 7.26. The summed E-state index contributed by atoms with van der Waals surface area (Å²) in [5, 5.41) is 9.26. The first-order valence-corrected chi connectivity index (χ1v) is 8.31. The van der Waals surface area contributed by atoms with Crippen molar-refractivity contribution in [2.75, 3.05) is 12.3 Å². The van der Waals surface area contributed by atoms with E-state index < -0.39 is 0 Å². The van der Waals surface area contributed by atoms with Gasteiger partial charge in [0.05, 0.1) is 11.6 Å². The molecule has 1 aromatic carbocycles. The van der Waals surface area contributed by atoms with Crippen molar-refractivity contribution in [1.29, 1.82) is 5.26 Å². The summed E-state index contributed by atoms with van der Waals surface area (Å²) < 4.78 is 0. The molecule has 1 saturated heterocycles. The summed E-state index contributed by atoms with van der Waals surface area (Å²) in [5.74, 6) is 0.893. The number of carbonyl (C=O) groups is 1. The number of nitriles is 1. The van der Waals surface area contributed by atoms with Crippen molar-refractivity contribution in [1.82, 2.24) is 9.88 Å². The van der Waals surface area contributed by atoms with E-state index in [0.717, 1.165) is 11.3 Å². The van der Waals surface area contributed by atoms with Crippen LogP contribution in [-0.2, 0) is 0 Å². The lowest BCUT2D eigenvalue weighted by atomic mass is 10.0. The molecule has 2 atom stereocenters. The Morgan fingerprint density at radius 2 is 2.18 bits per heavy atom. The van der Waals surface area contributed by atoms with Gasteiger partial charge in [0.2, 0.25) is 0 Å². The van der Waals surface area contributed by atoms with E-state index in [2.05, 4.69) is 30.1 Å². The number of nitrogens with zero attached hydrogens (tertiary/aromatic N) is 2. The Bertz CT molecular complexity index is 704. The fraction of sp³-hybridized carbons (Fsp3) is 0.294. The zero-order chi connectivity index (χ0) is 15.5. The molecule has 0 radical (unpaired) electrons. The van der Waals surface area contributed by atoms with Gasteiger partial charge in [-0.05, 0) is 11.6 Å². The highest BCUT2D eigenvalue weighted by molar-refractivity contribution is 8.00. The lowest BCUT2D eigenvalue weighted by Gasteiger charge is -2.39. The predicted molar refractivity (Wildman–Crippen MR) is 87.6 cm³/mol. The molecule has 5 heteroatoms. The van der Waals surface area contributed by atoms with Gasteiger partial charge >= 0.3 is 0 Å². The van der Waals surface area contributed by atoms with Crippen LogP contribution in [0.4, 0.5) is 0 Å². The standard InChI is InChI=1S/C17H17N3OS/c1-12-16(14-5-3-2-4-6-14)20(7-8-22-12)17(21)15-9-13(10-18)11-19-15/h2-6,9,11-12,16,19H,7-8H2,1H3/t12-,16+/m0/s1. The van der Waals surface area contributed by atoms with Crippen LogP contribution in [0.15, 0.2) is 42.6 Å². The van der Waals surface area contributed by atoms with Crippen LogP contribution in [0.5, 0.6) is 0 Å². The molecule has 0 saturated carbocycles. The van der Waals surface area contributed by atoms with Crippen LogP contribution in [0.2, 0.25) is 0 Å². The third-order valence-electron chi connectivity index (χ3n) is 3.94. The maximum absolute atomic E-state index is 12.8. The maximum atomic E-state index is 12.8. The number of H-pyrrole nitrogens is 1. The van der Waals surface area contributed by atoms with Gasteiger partial charge < -0.3 is 9.88 Å². The molecule has 22 heavy (non-hydrogen) atoms. The van der Waals surface area contributed by atoms with Crippen molar-refractivity contribution in [3.05, 3.63) is 59.4 Å². The van der Waals surface area contributed by atoms with Gasteiger partial charge in [0.25, 0.3) is 5.91 Å². The van der Waals surface area contributed by atoms with Crippen molar-refractivity contribution in [2.45, 2.75) is 18.2 Å². The van der Waals surface area contributed by atoms with Crippen molar-refractivity contribution in [3.8, 4) is 6.07 Å². The molecule has 1 aliphatic rings. The highest BCUT2D eigenvalue weighted by atomic mass is 32.2. The number of nitrogens with one attached hydrogen (secondary N) is 1. The van der Waals surface area contributed by atoms with Gasteiger partial charge in [0.15, 0.2) is 0 Å². The molecule has 2 heterocycles. The van der Waals surface area contributed by atoms with Crippen molar-refractivity contribution < 1.29 is 4.79 Å². The third-order valence-corrected chi connectivity index (χ3v) is 5.14. The minimum Gasteiger partial charge on any atom is -0.356 e. The number of hydrogen-bond donors (Lipinski definition) is 1. The topological polar surface area (TPSA) is 59.9 Å². The molecular weight excluding hydrogens is 294 g/mol. The molecule has 0 spiro atoms. The van der Waals surface area contributed by atoms with Gasteiger partial charge in [-0.1, -0.05) is 37.3 Å². The van der Waals surface area contributed by atoms with Gasteiger partial charge in [-0.3, -0.25) is 4.79 Å². The number of benzene rings is 1. The first kappa shape index (κ1) is 14.7. The summed E-state index contributed by atoms with van der Waals surface area (Å²) in [6.45, 7) is 2.88. The zero-order valence-corrected chi connectivity index (χ0v) is 13.1. The minimum atomic E-state index is -0.0393. The SMILES string of the molecule is C[C@@H]1SCCN(C(=O)c2cc(C#N)c[nH]2)[C@H]1c1ccccc1. The van der Waals surface area contributed by atoms with Crippen LogP contribution in [0, 0.1) is 11.3 Å². The molecule has 0 unspecified atom stereocenters. The summed E-state index contributed by atoms with van der Waals surface area (Å²) >= 11 is 1.89. The fourth-order valence-corrected chi connectivity index (χ4v) is 4.05. The maximum Gasteiger partial charge on any atom is 0.270 e. The van der Waals surface area contributed by atoms with E-state index in [1.165, 1.54) is 0 Å². The van der Waals surface area contributed by atoms with E-state index in [1.807, 2.05) is 34.9 Å². The Hall–Kier alpha value is -2.19. The van der Waals surface area contributed by atoms with E-state index in [0.29, 0.717) is 23.1 Å². The molecule has 1 N–H and O–H groups in total. The number of amides is 1. The molecular formula is C17H17N3OS. The highest BCUT2D eigenvalue weighted by Crippen LogP contribution is 2.36. The largest absolute Gasteiger partial charge is 0.356 e. The van der Waals surface area contributed by atoms with Gasteiger partial charge in [-0.25, -0.2) is 0 Å². The van der Waals surface area contributed by atoms with Crippen LogP contribution in [0.3, 0.4) is 0 Å². The Kier molecular flexibility index (Phi) is 4.21. The molecule has 4 nitrogen and oxygen atoms in total. The van der Waals surface area contributed by atoms with Crippen LogP contribution in [0.1, 0.15) is 34.6 Å². The fourth-order valence-electron chi connectivity index (χ4n) is 2.89. The smallest absolute Gasteiger partial charge is 0.270 e. The van der Waals surface area contributed by atoms with Gasteiger partial charge in [-0.15, -0.1) is 0 Å². The molecule has 1 aromatic heterocycles. The van der Waals surface area contributed by atoms with Gasteiger partial charge in [-0.2, -0.15) is 17.0 Å². The molecule has 3 rings (SSSR count). The van der Waals surface area contributed by atoms with E-state index >= 15 is 0 Å². The molecule has 112 valence electrons. The zero-order valence-electron chi connectivity index (χ0n) is 12.3. The van der Waals surface area contributed by atoms with Crippen LogP contribution in [0.25, 0.3) is 0 Å². The van der Waals surface area contributed by atoms with Crippen molar-refractivity contribution in [2.24, 2.45) is 0 Å². The lowest BCUT2D eigenvalue weighted by molar-refractivity contribution is 0.0675. The van der Waals surface area contributed by atoms with Crippen LogP contribution in [-0.4, -0.2) is 33.3 Å². The lowest BCUT2D eigenvalue weighted by Crippen LogP contribution is -2.44. The summed E-state index contributed by atoms with van der Waals surface area (Å²) in [4.78, 5) is 17.7. The first-order chi connectivity index (χ1) is 10.7. The quantitative estimate of drug-likeness (QED) is 0.926. The number of aromatic amines is 1. The molecule has 0 aliphatic carbocycles. The second kappa shape index (κ2) is 6.29. The molecule has 1 aliphatic heterocycles. The average molecular weight is 311 g/mol. The Morgan fingerprint density at radius 3 is 2.86 bits per heavy atom. The highest BCUT2D eigenvalue weighted by Gasteiger charge is 2.34. The average Bonchev–Trinajstić information content (AvgIpc) is 3.04. The Morgan fingerprint density at radius 1 is 1.41 bits per heavy atom. The van der Waals surface area contributed by atoms with Gasteiger partial charge in [0.1, 0.15) is 11.8 Å². The van der Waals surface area contributed by atoms with Crippen molar-refractivity contribution in [3.63, 3.8) is 0 Å². The second-order valence-electron chi connectivity index (χ2n) is 5.34. The molecule has 2 aromatic rings. The van der Waals surface area contributed by atoms with Crippen LogP contribution >= 0.6 is 11.8 Å². The molecule has 1 fully saturated rings. The summed E-state index contributed by atoms with van der Waals surface area (Å²) in [7, 11) is 0. The van der Waals surface area contributed by atoms with E-state index in [1.54, 1.807) is 12.3 Å². The number of aromatic nitrogens is 1. The van der Waals surface area contributed by atoms with Crippen molar-refractivity contribution >= 4 is 17.7 Å². The number of carbonyl (C=O) groups excluding carboxylic acids is 1. The molecule has 0 bridgehead atoms. The predicted octanol–water partition coefficient (Wildman–Crippen LogP) is 3.21. The monoisotopic (exact) mass is 311 g/mol. The Balaban J connectivity index is 1.92. The third kappa shape index (κ3) is 2.75. The van der Waals surface area contributed by atoms with Crippen LogP contribution < -0.4 is 0 Å². The van der Waals surface area contributed by atoms with E-state index in [4.69, 9.17) is 5.26 Å². The summed E-state index contributed by atoms with van der Waals surface area (Å²) in [5.41, 5.74) is 2.12. The molecule has 1 amide bonds. The Labute approximate surface area is 134 Å². The number of rotatable bonds is 2. The number of hydrogen-bond acceptors (Lipinski definition) is 3. The van der Waals surface area contributed by atoms with E-state index in [-0.39, 0.29) is 11.9 Å². The van der Waals surface area contributed by atoms with E-state index in [9.17, 15) is 4.79 Å².